The number of Topliss-reactive ketones (excluding diaryl/α,β-unsaturated/α-hetero) is 1. The molecule has 0 saturated carbocycles. The molecule has 2 aliphatic heterocycles. The van der Waals surface area contributed by atoms with Crippen molar-refractivity contribution in [2.45, 2.75) is 25.8 Å². The molecular weight excluding hydrogens is 362 g/mol. The number of ketones is 1. The van der Waals surface area contributed by atoms with Gasteiger partial charge in [-0.3, -0.25) is 14.5 Å². The second-order valence-corrected chi connectivity index (χ2v) is 8.37. The van der Waals surface area contributed by atoms with Gasteiger partial charge in [0.15, 0.2) is 5.78 Å². The van der Waals surface area contributed by atoms with Crippen molar-refractivity contribution in [3.8, 4) is 0 Å². The number of hydrogen-bond acceptors (Lipinski definition) is 4. The molecule has 1 unspecified atom stereocenters. The summed E-state index contributed by atoms with van der Waals surface area (Å²) in [4.78, 5) is 27.4. The van der Waals surface area contributed by atoms with Crippen molar-refractivity contribution < 1.29 is 9.59 Å². The third-order valence-corrected chi connectivity index (χ3v) is 6.46. The van der Waals surface area contributed by atoms with Crippen LogP contribution in [0.5, 0.6) is 0 Å². The third kappa shape index (κ3) is 4.11. The molecule has 3 N–H and O–H groups in total. The Morgan fingerprint density at radius 2 is 1.93 bits per heavy atom. The van der Waals surface area contributed by atoms with Crippen molar-refractivity contribution in [2.75, 3.05) is 26.2 Å². The van der Waals surface area contributed by atoms with E-state index in [-0.39, 0.29) is 11.8 Å². The molecule has 5 heteroatoms. The molecule has 0 aromatic heterocycles. The molecule has 2 saturated heterocycles. The lowest BCUT2D eigenvalue weighted by atomic mass is 9.88. The molecule has 0 radical (unpaired) electrons. The summed E-state index contributed by atoms with van der Waals surface area (Å²) in [5.41, 5.74) is 8.68. The number of carbonyl (C=O) groups excluding carboxylic acids is 2. The van der Waals surface area contributed by atoms with Crippen LogP contribution in [-0.2, 0) is 6.42 Å². The summed E-state index contributed by atoms with van der Waals surface area (Å²) in [5.74, 6) is 0.604. The first kappa shape index (κ1) is 19.8. The van der Waals surface area contributed by atoms with Crippen molar-refractivity contribution >= 4 is 11.7 Å². The first-order valence-electron chi connectivity index (χ1n) is 10.5. The molecule has 4 rings (SSSR count). The van der Waals surface area contributed by atoms with E-state index in [9.17, 15) is 9.59 Å². The van der Waals surface area contributed by atoms with Crippen molar-refractivity contribution in [3.05, 3.63) is 70.8 Å². The van der Waals surface area contributed by atoms with Crippen molar-refractivity contribution in [2.24, 2.45) is 17.6 Å². The number of amides is 1. The Kier molecular flexibility index (Phi) is 5.79. The number of primary amides is 1. The number of nitrogens with two attached hydrogens (primary N) is 1. The minimum absolute atomic E-state index is 0.0930. The molecule has 0 aliphatic carbocycles. The Morgan fingerprint density at radius 1 is 1.14 bits per heavy atom. The van der Waals surface area contributed by atoms with Gasteiger partial charge < -0.3 is 11.1 Å². The number of hydrogen-bond donors (Lipinski definition) is 2. The van der Waals surface area contributed by atoms with Gasteiger partial charge in [0.2, 0.25) is 5.91 Å². The molecule has 0 spiro atoms. The van der Waals surface area contributed by atoms with Gasteiger partial charge in [-0.1, -0.05) is 36.4 Å². The van der Waals surface area contributed by atoms with Crippen molar-refractivity contribution in [1.29, 1.82) is 0 Å². The number of nitrogens with zero attached hydrogens (tertiary/aromatic N) is 1. The van der Waals surface area contributed by atoms with Crippen LogP contribution in [0.15, 0.2) is 48.5 Å². The molecule has 2 aromatic carbocycles. The molecule has 2 fully saturated rings. The van der Waals surface area contributed by atoms with E-state index in [1.54, 1.807) is 12.1 Å². The lowest BCUT2D eigenvalue weighted by molar-refractivity contribution is 0.0831. The predicted octanol–water partition coefficient (Wildman–Crippen LogP) is 2.43. The molecule has 152 valence electrons. The first-order chi connectivity index (χ1) is 14.0. The van der Waals surface area contributed by atoms with Crippen molar-refractivity contribution in [1.82, 2.24) is 10.2 Å². The van der Waals surface area contributed by atoms with E-state index < -0.39 is 5.91 Å². The third-order valence-electron chi connectivity index (χ3n) is 6.46. The zero-order valence-electron chi connectivity index (χ0n) is 16.9. The van der Waals surface area contributed by atoms with Gasteiger partial charge in [0.1, 0.15) is 0 Å². The van der Waals surface area contributed by atoms with Gasteiger partial charge in [0, 0.05) is 24.2 Å². The van der Waals surface area contributed by atoms with Gasteiger partial charge in [-0.2, -0.15) is 0 Å². The van der Waals surface area contributed by atoms with E-state index in [2.05, 4.69) is 34.5 Å². The molecule has 2 aromatic rings. The van der Waals surface area contributed by atoms with E-state index >= 15 is 0 Å². The molecule has 2 heterocycles. The Bertz CT molecular complexity index is 896. The lowest BCUT2D eigenvalue weighted by Crippen LogP contribution is -2.42. The first-order valence-corrected chi connectivity index (χ1v) is 10.5. The topological polar surface area (TPSA) is 75.4 Å². The summed E-state index contributed by atoms with van der Waals surface area (Å²) in [6, 6.07) is 15.7. The Balaban J connectivity index is 1.49. The Hall–Kier alpha value is -2.50. The van der Waals surface area contributed by atoms with Crippen LogP contribution < -0.4 is 11.1 Å². The maximum Gasteiger partial charge on any atom is 0.248 e. The van der Waals surface area contributed by atoms with Crippen LogP contribution >= 0.6 is 0 Å². The second kappa shape index (κ2) is 8.47. The molecule has 1 amide bonds. The number of aryl methyl sites for hydroxylation is 2. The minimum atomic E-state index is -0.454. The number of benzene rings is 2. The normalized spacial score (nSPS) is 23.8. The highest BCUT2D eigenvalue weighted by Gasteiger charge is 2.47. The standard InChI is InChI=1S/C24H29N3O2/c1-16-12-18(9-10-20(16)24(25)29)23(28)22-21-14-26-13-19(21)15-27(22)11-5-8-17-6-3-2-4-7-17/h2-4,6-7,9-10,12,19,21-22,26H,5,8,11,13-15H2,1H3,(H2,25,29)/t19?,21-,22+/m1/s1. The fourth-order valence-electron chi connectivity index (χ4n) is 4.99. The van der Waals surface area contributed by atoms with Crippen molar-refractivity contribution in [3.63, 3.8) is 0 Å². The van der Waals surface area contributed by atoms with Crippen LogP contribution in [0, 0.1) is 18.8 Å². The Labute approximate surface area is 172 Å². The summed E-state index contributed by atoms with van der Waals surface area (Å²) >= 11 is 0. The van der Waals surface area contributed by atoms with Crippen LogP contribution in [0.25, 0.3) is 0 Å². The fourth-order valence-corrected chi connectivity index (χ4v) is 4.99. The number of nitrogens with one attached hydrogen (secondary N) is 1. The molecule has 0 bridgehead atoms. The van der Waals surface area contributed by atoms with Gasteiger partial charge in [-0.15, -0.1) is 0 Å². The van der Waals surface area contributed by atoms with Crippen LogP contribution in [0.1, 0.15) is 38.3 Å². The highest BCUT2D eigenvalue weighted by atomic mass is 16.1. The summed E-state index contributed by atoms with van der Waals surface area (Å²) in [7, 11) is 0. The molecular formula is C24H29N3O2. The highest BCUT2D eigenvalue weighted by Crippen LogP contribution is 2.35. The number of fused-ring (bicyclic) bond motifs is 1. The van der Waals surface area contributed by atoms with E-state index in [4.69, 9.17) is 5.73 Å². The fraction of sp³-hybridized carbons (Fsp3) is 0.417. The summed E-state index contributed by atoms with van der Waals surface area (Å²) in [6.45, 7) is 5.62. The second-order valence-electron chi connectivity index (χ2n) is 8.37. The van der Waals surface area contributed by atoms with Gasteiger partial charge in [0.25, 0.3) is 0 Å². The van der Waals surface area contributed by atoms with Crippen LogP contribution in [-0.4, -0.2) is 48.8 Å². The van der Waals surface area contributed by atoms with Crippen LogP contribution in [0.4, 0.5) is 0 Å². The largest absolute Gasteiger partial charge is 0.366 e. The monoisotopic (exact) mass is 391 g/mol. The number of rotatable bonds is 7. The van der Waals surface area contributed by atoms with E-state index in [1.807, 2.05) is 19.1 Å². The highest BCUT2D eigenvalue weighted by molar-refractivity contribution is 6.02. The predicted molar refractivity (Wildman–Crippen MR) is 114 cm³/mol. The summed E-state index contributed by atoms with van der Waals surface area (Å²) in [5, 5.41) is 3.46. The maximum atomic E-state index is 13.5. The maximum absolute atomic E-state index is 13.5. The van der Waals surface area contributed by atoms with E-state index in [0.717, 1.165) is 44.6 Å². The average molecular weight is 392 g/mol. The minimum Gasteiger partial charge on any atom is -0.366 e. The SMILES string of the molecule is Cc1cc(C(=O)[C@@H]2[C@@H]3CNCC3CN2CCCc2ccccc2)ccc1C(N)=O. The average Bonchev–Trinajstić information content (AvgIpc) is 3.29. The molecule has 3 atom stereocenters. The zero-order valence-corrected chi connectivity index (χ0v) is 16.9. The van der Waals surface area contributed by atoms with E-state index in [0.29, 0.717) is 23.0 Å². The number of likely N-dealkylation sites (tertiary alicyclic amines) is 1. The summed E-state index contributed by atoms with van der Waals surface area (Å²) in [6.07, 6.45) is 2.07. The lowest BCUT2D eigenvalue weighted by Gasteiger charge is -2.27. The zero-order chi connectivity index (χ0) is 20.4. The Morgan fingerprint density at radius 3 is 2.66 bits per heavy atom. The number of carbonyl (C=O) groups is 2. The smallest absolute Gasteiger partial charge is 0.248 e. The molecule has 5 nitrogen and oxygen atoms in total. The van der Waals surface area contributed by atoms with Gasteiger partial charge in [-0.05, 0) is 68.0 Å². The molecule has 2 aliphatic rings. The van der Waals surface area contributed by atoms with Crippen LogP contribution in [0.3, 0.4) is 0 Å². The van der Waals surface area contributed by atoms with Crippen LogP contribution in [0.2, 0.25) is 0 Å². The van der Waals surface area contributed by atoms with E-state index in [1.165, 1.54) is 5.56 Å². The molecule has 29 heavy (non-hydrogen) atoms. The quantitative estimate of drug-likeness (QED) is 0.711. The summed E-state index contributed by atoms with van der Waals surface area (Å²) < 4.78 is 0. The van der Waals surface area contributed by atoms with Gasteiger partial charge in [-0.25, -0.2) is 0 Å². The van der Waals surface area contributed by atoms with Gasteiger partial charge in [0.05, 0.1) is 6.04 Å². The van der Waals surface area contributed by atoms with Gasteiger partial charge >= 0.3 is 0 Å².